The summed E-state index contributed by atoms with van der Waals surface area (Å²) in [6.45, 7) is 0.549. The monoisotopic (exact) mass is 395 g/mol. The first-order valence-corrected chi connectivity index (χ1v) is 10.4. The molecule has 0 amide bonds. The lowest BCUT2D eigenvalue weighted by Gasteiger charge is -2.15. The molecule has 4 rings (SSSR count). The molecule has 146 valence electrons. The van der Waals surface area contributed by atoms with E-state index in [4.69, 9.17) is 12.2 Å². The summed E-state index contributed by atoms with van der Waals surface area (Å²) in [7, 11) is 0. The molecule has 0 aliphatic heterocycles. The van der Waals surface area contributed by atoms with Gasteiger partial charge in [0, 0.05) is 12.8 Å². The second-order valence-electron chi connectivity index (χ2n) is 7.57. The van der Waals surface area contributed by atoms with Crippen LogP contribution in [0.4, 0.5) is 5.69 Å². The van der Waals surface area contributed by atoms with Gasteiger partial charge in [0.15, 0.2) is 4.77 Å². The van der Waals surface area contributed by atoms with E-state index in [9.17, 15) is 9.90 Å². The van der Waals surface area contributed by atoms with Crippen molar-refractivity contribution in [2.24, 2.45) is 4.99 Å². The lowest BCUT2D eigenvalue weighted by atomic mass is 9.97. The van der Waals surface area contributed by atoms with Crippen molar-refractivity contribution in [3.05, 3.63) is 61.7 Å². The number of aromatic amines is 1. The summed E-state index contributed by atoms with van der Waals surface area (Å²) in [5.74, 6) is -0.116. The number of nitrogens with one attached hydrogen (secondary N) is 1. The van der Waals surface area contributed by atoms with Gasteiger partial charge in [-0.05, 0) is 86.8 Å². The van der Waals surface area contributed by atoms with Crippen LogP contribution in [0, 0.1) is 4.77 Å². The number of rotatable bonds is 5. The van der Waals surface area contributed by atoms with E-state index in [0.29, 0.717) is 6.54 Å². The van der Waals surface area contributed by atoms with Gasteiger partial charge in [-0.15, -0.1) is 0 Å². The highest BCUT2D eigenvalue weighted by Crippen LogP contribution is 2.26. The molecule has 0 radical (unpaired) electrons. The largest absolute Gasteiger partial charge is 0.494 e. The number of hydrogen-bond donors (Lipinski definition) is 2. The Labute approximate surface area is 169 Å². The predicted octanol–water partition coefficient (Wildman–Crippen LogP) is 4.74. The van der Waals surface area contributed by atoms with E-state index in [0.717, 1.165) is 37.8 Å². The molecular formula is C22H25N3O2S. The summed E-state index contributed by atoms with van der Waals surface area (Å²) in [5, 5.41) is 10.7. The van der Waals surface area contributed by atoms with Crippen molar-refractivity contribution in [3.8, 4) is 5.88 Å². The Morgan fingerprint density at radius 2 is 2.04 bits per heavy atom. The second-order valence-corrected chi connectivity index (χ2v) is 7.96. The molecule has 2 aliphatic carbocycles. The fourth-order valence-corrected chi connectivity index (χ4v) is 4.33. The molecule has 0 fully saturated rings. The molecule has 0 saturated heterocycles. The van der Waals surface area contributed by atoms with Crippen LogP contribution in [0.25, 0.3) is 0 Å². The lowest BCUT2D eigenvalue weighted by Crippen LogP contribution is -2.19. The molecule has 0 atom stereocenters. The zero-order valence-corrected chi connectivity index (χ0v) is 16.7. The number of aromatic hydroxyl groups is 1. The lowest BCUT2D eigenvalue weighted by molar-refractivity contribution is 0.402. The first-order valence-electron chi connectivity index (χ1n) is 10.0. The van der Waals surface area contributed by atoms with Crippen LogP contribution >= 0.6 is 12.2 Å². The fourth-order valence-electron chi connectivity index (χ4n) is 4.06. The van der Waals surface area contributed by atoms with E-state index in [-0.39, 0.29) is 16.2 Å². The number of nitrogens with zero attached hydrogens (tertiary/aromatic N) is 2. The van der Waals surface area contributed by atoms with E-state index in [1.165, 1.54) is 42.2 Å². The number of aliphatic imine (C=N–C) groups is 1. The number of aromatic nitrogens is 2. The van der Waals surface area contributed by atoms with E-state index in [2.05, 4.69) is 28.2 Å². The van der Waals surface area contributed by atoms with Crippen LogP contribution in [0.2, 0.25) is 0 Å². The van der Waals surface area contributed by atoms with E-state index < -0.39 is 5.56 Å². The normalized spacial score (nSPS) is 16.4. The first kappa shape index (κ1) is 18.9. The molecule has 0 saturated carbocycles. The molecule has 2 aromatic rings. The number of allylic oxidation sites excluding steroid dienone is 2. The summed E-state index contributed by atoms with van der Waals surface area (Å²) in [5.41, 5.74) is 4.62. The van der Waals surface area contributed by atoms with Crippen LogP contribution in [0.5, 0.6) is 5.88 Å². The maximum atomic E-state index is 12.3. The Morgan fingerprint density at radius 3 is 2.86 bits per heavy atom. The van der Waals surface area contributed by atoms with Crippen molar-refractivity contribution in [1.29, 1.82) is 0 Å². The molecule has 2 N–H and O–H groups in total. The van der Waals surface area contributed by atoms with Gasteiger partial charge >= 0.3 is 0 Å². The number of benzene rings is 1. The van der Waals surface area contributed by atoms with Gasteiger partial charge in [0.25, 0.3) is 5.56 Å². The Kier molecular flexibility index (Phi) is 5.57. The highest BCUT2D eigenvalue weighted by Gasteiger charge is 2.13. The van der Waals surface area contributed by atoms with Crippen LogP contribution in [0.3, 0.4) is 0 Å². The highest BCUT2D eigenvalue weighted by molar-refractivity contribution is 7.71. The summed E-state index contributed by atoms with van der Waals surface area (Å²) in [6.07, 6.45) is 12.6. The third kappa shape index (κ3) is 4.02. The standard InChI is InChI=1S/C22H25N3O2S/c26-20-19(14-23-18-10-9-16-7-4-8-17(16)13-18)21(27)25(22(28)24-20)12-11-15-5-2-1-3-6-15/h5,9-10,13-14,27H,1-4,6-8,11-12H2,(H,24,26,28). The molecule has 28 heavy (non-hydrogen) atoms. The van der Waals surface area contributed by atoms with Crippen LogP contribution in [0.1, 0.15) is 55.2 Å². The molecule has 1 aromatic heterocycles. The third-order valence-electron chi connectivity index (χ3n) is 5.67. The molecule has 0 bridgehead atoms. The van der Waals surface area contributed by atoms with Crippen molar-refractivity contribution in [1.82, 2.24) is 9.55 Å². The Hall–Kier alpha value is -2.47. The molecule has 5 nitrogen and oxygen atoms in total. The number of aryl methyl sites for hydroxylation is 2. The summed E-state index contributed by atoms with van der Waals surface area (Å²) < 4.78 is 1.84. The average molecular weight is 396 g/mol. The van der Waals surface area contributed by atoms with Gasteiger partial charge in [0.05, 0.1) is 5.69 Å². The van der Waals surface area contributed by atoms with Gasteiger partial charge in [-0.2, -0.15) is 0 Å². The number of H-pyrrole nitrogens is 1. The second kappa shape index (κ2) is 8.27. The quantitative estimate of drug-likeness (QED) is 0.436. The Balaban J connectivity index is 1.59. The molecular weight excluding hydrogens is 370 g/mol. The Morgan fingerprint density at radius 1 is 1.18 bits per heavy atom. The van der Waals surface area contributed by atoms with Gasteiger partial charge in [-0.25, -0.2) is 0 Å². The van der Waals surface area contributed by atoms with Crippen molar-refractivity contribution in [3.63, 3.8) is 0 Å². The van der Waals surface area contributed by atoms with E-state index in [1.807, 2.05) is 6.07 Å². The molecule has 0 spiro atoms. The van der Waals surface area contributed by atoms with Gasteiger partial charge < -0.3 is 5.11 Å². The van der Waals surface area contributed by atoms with Gasteiger partial charge in [0.1, 0.15) is 5.56 Å². The van der Waals surface area contributed by atoms with Crippen LogP contribution in [-0.4, -0.2) is 20.9 Å². The fraction of sp³-hybridized carbons (Fsp3) is 0.409. The SMILES string of the molecule is O=c1[nH]c(=S)n(CCC2=CCCCC2)c(O)c1C=Nc1ccc2c(c1)CCC2. The van der Waals surface area contributed by atoms with E-state index >= 15 is 0 Å². The van der Waals surface area contributed by atoms with Gasteiger partial charge in [-0.1, -0.05) is 17.7 Å². The minimum absolute atomic E-state index is 0.116. The number of hydrogen-bond acceptors (Lipinski definition) is 4. The van der Waals surface area contributed by atoms with Crippen LogP contribution < -0.4 is 5.56 Å². The minimum Gasteiger partial charge on any atom is -0.494 e. The molecule has 6 heteroatoms. The summed E-state index contributed by atoms with van der Waals surface area (Å²) in [6, 6.07) is 6.12. The zero-order valence-electron chi connectivity index (χ0n) is 15.9. The molecule has 2 aliphatic rings. The number of fused-ring (bicyclic) bond motifs is 1. The van der Waals surface area contributed by atoms with Crippen molar-refractivity contribution in [2.45, 2.75) is 57.9 Å². The van der Waals surface area contributed by atoms with Crippen molar-refractivity contribution >= 4 is 24.1 Å². The maximum Gasteiger partial charge on any atom is 0.264 e. The summed E-state index contributed by atoms with van der Waals surface area (Å²) in [4.78, 5) is 19.4. The average Bonchev–Trinajstić information content (AvgIpc) is 3.16. The molecule has 1 aromatic carbocycles. The Bertz CT molecular complexity index is 1060. The van der Waals surface area contributed by atoms with Crippen molar-refractivity contribution in [2.75, 3.05) is 0 Å². The summed E-state index contributed by atoms with van der Waals surface area (Å²) >= 11 is 5.27. The zero-order chi connectivity index (χ0) is 19.5. The van der Waals surface area contributed by atoms with Crippen molar-refractivity contribution < 1.29 is 5.11 Å². The topological polar surface area (TPSA) is 70.4 Å². The highest BCUT2D eigenvalue weighted by atomic mass is 32.1. The van der Waals surface area contributed by atoms with Gasteiger partial charge in [0.2, 0.25) is 5.88 Å². The van der Waals surface area contributed by atoms with Crippen LogP contribution in [0.15, 0.2) is 39.6 Å². The maximum absolute atomic E-state index is 12.3. The van der Waals surface area contributed by atoms with Gasteiger partial charge in [-0.3, -0.25) is 19.3 Å². The molecule has 1 heterocycles. The minimum atomic E-state index is -0.416. The first-order chi connectivity index (χ1) is 13.6. The predicted molar refractivity (Wildman–Crippen MR) is 114 cm³/mol. The van der Waals surface area contributed by atoms with E-state index in [1.54, 1.807) is 4.57 Å². The smallest absolute Gasteiger partial charge is 0.264 e. The van der Waals surface area contributed by atoms with Crippen LogP contribution in [-0.2, 0) is 19.4 Å². The third-order valence-corrected chi connectivity index (χ3v) is 6.00. The molecule has 0 unspecified atom stereocenters.